The highest BCUT2D eigenvalue weighted by Gasteiger charge is 2.27. The van der Waals surface area contributed by atoms with E-state index >= 15 is 0 Å². The number of nitrogens with zero attached hydrogens (tertiary/aromatic N) is 3. The molecule has 4 N–H and O–H groups in total. The van der Waals surface area contributed by atoms with Crippen LogP contribution in [-0.2, 0) is 30.6 Å². The fraction of sp³-hybridized carbons (Fsp3) is 0.294. The smallest absolute Gasteiger partial charge is 0.251 e. The number of halogens is 1. The zero-order valence-electron chi connectivity index (χ0n) is 26.3. The summed E-state index contributed by atoms with van der Waals surface area (Å²) >= 11 is 7.05. The maximum absolute atomic E-state index is 11.9. The minimum atomic E-state index is -0.505. The Hall–Kier alpha value is -4.25. The highest BCUT2D eigenvalue weighted by molar-refractivity contribution is 7.16. The molecule has 11 heteroatoms. The van der Waals surface area contributed by atoms with Crippen molar-refractivity contribution in [1.29, 1.82) is 0 Å². The number of nitrogens with one attached hydrogen (secondary N) is 2. The number of aromatic nitrogens is 1. The van der Waals surface area contributed by atoms with Gasteiger partial charge in [-0.05, 0) is 60.7 Å². The third kappa shape index (κ3) is 11.0. The van der Waals surface area contributed by atoms with Crippen LogP contribution in [0.5, 0.6) is 0 Å². The lowest BCUT2D eigenvalue weighted by Crippen LogP contribution is -2.32. The Balaban J connectivity index is 0.000000544. The number of amides is 2. The molecule has 0 unspecified atom stereocenters. The van der Waals surface area contributed by atoms with E-state index in [1.165, 1.54) is 11.3 Å². The SMILES string of the molecule is C=C.C=C/C(C(=C)C)=C(/C=NC)CCc1cnc(CCN2CCc3c(sc(NC=O)c3C(N)=O)C2)o1.CNc1ccc(Cl)cc1. The Labute approximate surface area is 275 Å². The molecule has 4 rings (SSSR count). The molecule has 0 bridgehead atoms. The van der Waals surface area contributed by atoms with E-state index < -0.39 is 5.91 Å². The molecule has 2 aromatic heterocycles. The average Bonchev–Trinajstić information content (AvgIpc) is 3.64. The van der Waals surface area contributed by atoms with Gasteiger partial charge >= 0.3 is 0 Å². The van der Waals surface area contributed by atoms with Crippen LogP contribution < -0.4 is 16.4 Å². The van der Waals surface area contributed by atoms with Crippen LogP contribution in [0.25, 0.3) is 0 Å². The van der Waals surface area contributed by atoms with Crippen LogP contribution in [-0.4, -0.2) is 55.6 Å². The lowest BCUT2D eigenvalue weighted by molar-refractivity contribution is -0.105. The highest BCUT2D eigenvalue weighted by Crippen LogP contribution is 2.36. The maximum atomic E-state index is 11.9. The van der Waals surface area contributed by atoms with Gasteiger partial charge in [0.15, 0.2) is 5.89 Å². The standard InChI is InChI=1S/C25H31N5O3S.C7H8ClN.C2H4/c1-5-19(16(2)3)17(12-27-4)6-7-18-13-28-22(33-18)9-11-30-10-8-20-21(14-30)34-25(29-15-31)23(20)24(26)32;1-9-7-4-2-6(8)3-5-7;1-2/h5,12-13,15H,1-2,6-11,14H2,3-4H3,(H2,26,32)(H,29,31);2-5,9H,1H3;1-2H2/b19-17-,27-12?;;. The Morgan fingerprint density at radius 1 is 1.27 bits per heavy atom. The number of benzene rings is 1. The summed E-state index contributed by atoms with van der Waals surface area (Å²) in [6.45, 7) is 18.2. The fourth-order valence-electron chi connectivity index (χ4n) is 4.77. The molecule has 1 aromatic carbocycles. The lowest BCUT2D eigenvalue weighted by atomic mass is 9.99. The molecule has 0 spiro atoms. The van der Waals surface area contributed by atoms with Gasteiger partial charge in [0.25, 0.3) is 5.91 Å². The van der Waals surface area contributed by atoms with Crippen molar-refractivity contribution in [2.24, 2.45) is 10.7 Å². The number of carbonyl (C=O) groups excluding carboxylic acids is 2. The Kier molecular flexibility index (Phi) is 15.8. The van der Waals surface area contributed by atoms with Crippen LogP contribution >= 0.6 is 22.9 Å². The van der Waals surface area contributed by atoms with E-state index in [4.69, 9.17) is 21.8 Å². The van der Waals surface area contributed by atoms with Gasteiger partial charge in [-0.2, -0.15) is 0 Å². The first kappa shape index (κ1) is 36.9. The molecule has 0 fully saturated rings. The summed E-state index contributed by atoms with van der Waals surface area (Å²) in [5.41, 5.74) is 11.0. The van der Waals surface area contributed by atoms with Crippen LogP contribution in [0.3, 0.4) is 0 Å². The monoisotopic (exact) mass is 650 g/mol. The molecule has 0 saturated heterocycles. The van der Waals surface area contributed by atoms with Crippen molar-refractivity contribution in [3.63, 3.8) is 0 Å². The molecular formula is C34H43ClN6O3S. The first-order valence-corrected chi connectivity index (χ1v) is 15.6. The summed E-state index contributed by atoms with van der Waals surface area (Å²) in [4.78, 5) is 34.7. The van der Waals surface area contributed by atoms with Crippen LogP contribution in [0.15, 0.2) is 89.0 Å². The van der Waals surface area contributed by atoms with Crippen molar-refractivity contribution in [2.75, 3.05) is 37.8 Å². The van der Waals surface area contributed by atoms with E-state index in [1.807, 2.05) is 50.5 Å². The summed E-state index contributed by atoms with van der Waals surface area (Å²) in [5, 5.41) is 6.90. The lowest BCUT2D eigenvalue weighted by Gasteiger charge is -2.26. The van der Waals surface area contributed by atoms with E-state index in [0.717, 1.165) is 63.1 Å². The van der Waals surface area contributed by atoms with E-state index in [1.54, 1.807) is 13.2 Å². The molecule has 0 radical (unpaired) electrons. The molecule has 1 aliphatic rings. The molecular weight excluding hydrogens is 608 g/mol. The number of aliphatic imine (C=N–C) groups is 1. The Morgan fingerprint density at radius 3 is 2.56 bits per heavy atom. The number of fused-ring (bicyclic) bond motifs is 1. The summed E-state index contributed by atoms with van der Waals surface area (Å²) in [6.07, 6.45) is 8.89. The number of hydrogen-bond donors (Lipinski definition) is 3. The van der Waals surface area contributed by atoms with E-state index in [0.29, 0.717) is 48.7 Å². The topological polar surface area (TPSA) is 126 Å². The van der Waals surface area contributed by atoms with Crippen LogP contribution in [0.2, 0.25) is 5.02 Å². The maximum Gasteiger partial charge on any atom is 0.251 e. The number of allylic oxidation sites excluding steroid dienone is 4. The van der Waals surface area contributed by atoms with Crippen molar-refractivity contribution in [3.8, 4) is 0 Å². The second kappa shape index (κ2) is 19.2. The molecule has 1 aliphatic heterocycles. The second-order valence-electron chi connectivity index (χ2n) is 9.90. The summed E-state index contributed by atoms with van der Waals surface area (Å²) < 4.78 is 5.97. The normalized spacial score (nSPS) is 12.9. The molecule has 2 amide bonds. The molecule has 0 aliphatic carbocycles. The minimum Gasteiger partial charge on any atom is -0.446 e. The highest BCUT2D eigenvalue weighted by atomic mass is 35.5. The summed E-state index contributed by atoms with van der Waals surface area (Å²) in [6, 6.07) is 7.57. The Morgan fingerprint density at radius 2 is 1.98 bits per heavy atom. The zero-order chi connectivity index (χ0) is 33.4. The van der Waals surface area contributed by atoms with Crippen molar-refractivity contribution >= 4 is 52.2 Å². The number of thiophene rings is 1. The van der Waals surface area contributed by atoms with E-state index in [2.05, 4.69) is 51.8 Å². The van der Waals surface area contributed by atoms with Gasteiger partial charge in [0.1, 0.15) is 10.8 Å². The molecule has 3 aromatic rings. The molecule has 0 saturated carbocycles. The number of hydrogen-bond acceptors (Lipinski definition) is 8. The van der Waals surface area contributed by atoms with Crippen LogP contribution in [0, 0.1) is 0 Å². The van der Waals surface area contributed by atoms with Gasteiger partial charge < -0.3 is 20.8 Å². The number of carbonyl (C=O) groups is 2. The second-order valence-corrected chi connectivity index (χ2v) is 11.4. The van der Waals surface area contributed by atoms with Gasteiger partial charge in [-0.15, -0.1) is 24.5 Å². The number of aryl methyl sites for hydroxylation is 1. The molecule has 240 valence electrons. The van der Waals surface area contributed by atoms with Gasteiger partial charge in [0.2, 0.25) is 6.41 Å². The van der Waals surface area contributed by atoms with Crippen LogP contribution in [0.4, 0.5) is 10.7 Å². The average molecular weight is 651 g/mol. The third-order valence-corrected chi connectivity index (χ3v) is 8.28. The van der Waals surface area contributed by atoms with Crippen LogP contribution in [0.1, 0.15) is 45.8 Å². The molecule has 45 heavy (non-hydrogen) atoms. The number of anilines is 2. The predicted molar refractivity (Wildman–Crippen MR) is 189 cm³/mol. The quantitative estimate of drug-likeness (QED) is 0.0801. The van der Waals surface area contributed by atoms with Gasteiger partial charge in [-0.25, -0.2) is 4.98 Å². The van der Waals surface area contributed by atoms with E-state index in [9.17, 15) is 9.59 Å². The number of nitrogens with two attached hydrogens (primary N) is 1. The molecule has 3 heterocycles. The summed E-state index contributed by atoms with van der Waals surface area (Å²) in [5.74, 6) is 1.03. The third-order valence-electron chi connectivity index (χ3n) is 6.88. The van der Waals surface area contributed by atoms with Gasteiger partial charge in [-0.3, -0.25) is 19.5 Å². The predicted octanol–water partition coefficient (Wildman–Crippen LogP) is 6.88. The number of oxazole rings is 1. The van der Waals surface area contributed by atoms with Gasteiger partial charge in [-0.1, -0.05) is 36.4 Å². The first-order chi connectivity index (χ1) is 21.7. The first-order valence-electron chi connectivity index (χ1n) is 14.4. The zero-order valence-corrected chi connectivity index (χ0v) is 27.9. The van der Waals surface area contributed by atoms with Crippen molar-refractivity contribution in [1.82, 2.24) is 9.88 Å². The molecule has 0 atom stereocenters. The Bertz CT molecular complexity index is 1510. The van der Waals surface area contributed by atoms with Crippen molar-refractivity contribution < 1.29 is 14.0 Å². The largest absolute Gasteiger partial charge is 0.446 e. The van der Waals surface area contributed by atoms with Gasteiger partial charge in [0.05, 0.1) is 11.8 Å². The van der Waals surface area contributed by atoms with E-state index in [-0.39, 0.29) is 0 Å². The number of rotatable bonds is 13. The van der Waals surface area contributed by atoms with Crippen molar-refractivity contribution in [3.05, 3.63) is 112 Å². The molecule has 9 nitrogen and oxygen atoms in total. The fourth-order valence-corrected chi connectivity index (χ4v) is 6.15. The number of primary amides is 1. The summed E-state index contributed by atoms with van der Waals surface area (Å²) in [7, 11) is 3.63. The van der Waals surface area contributed by atoms with Crippen molar-refractivity contribution in [2.45, 2.75) is 39.2 Å². The minimum absolute atomic E-state index is 0.442. The van der Waals surface area contributed by atoms with Gasteiger partial charge in [0, 0.05) is 68.4 Å².